The summed E-state index contributed by atoms with van der Waals surface area (Å²) in [6.07, 6.45) is 2.09. The second kappa shape index (κ2) is 6.43. The lowest BCUT2D eigenvalue weighted by Gasteiger charge is -2.29. The minimum Gasteiger partial charge on any atom is -0.496 e. The number of hydrogen-bond donors (Lipinski definition) is 1. The maximum Gasteiger partial charge on any atom is 0.243 e. The van der Waals surface area contributed by atoms with Crippen LogP contribution in [0.1, 0.15) is 25.3 Å². The number of nitrogens with one attached hydrogen (secondary N) is 1. The highest BCUT2D eigenvalue weighted by Gasteiger charge is 2.52. The van der Waals surface area contributed by atoms with Crippen LogP contribution in [0.2, 0.25) is 0 Å². The summed E-state index contributed by atoms with van der Waals surface area (Å²) in [5, 5.41) is 2.97. The molecule has 23 heavy (non-hydrogen) atoms. The van der Waals surface area contributed by atoms with Crippen LogP contribution in [0.5, 0.6) is 5.75 Å². The van der Waals surface area contributed by atoms with Crippen LogP contribution in [0.3, 0.4) is 0 Å². The quantitative estimate of drug-likeness (QED) is 0.892. The molecule has 2 amide bonds. The third kappa shape index (κ3) is 3.04. The molecule has 5 nitrogen and oxygen atoms in total. The Morgan fingerprint density at radius 1 is 1.48 bits per heavy atom. The van der Waals surface area contributed by atoms with Crippen LogP contribution in [0, 0.1) is 0 Å². The van der Waals surface area contributed by atoms with Crippen molar-refractivity contribution in [2.75, 3.05) is 19.4 Å². The highest BCUT2D eigenvalue weighted by molar-refractivity contribution is 8.01. The van der Waals surface area contributed by atoms with Crippen LogP contribution in [0.25, 0.3) is 0 Å². The third-order valence-electron chi connectivity index (χ3n) is 4.63. The Labute approximate surface area is 140 Å². The van der Waals surface area contributed by atoms with Crippen molar-refractivity contribution in [3.63, 3.8) is 0 Å². The van der Waals surface area contributed by atoms with E-state index >= 15 is 0 Å². The molecule has 0 saturated carbocycles. The van der Waals surface area contributed by atoms with Crippen molar-refractivity contribution in [3.8, 4) is 5.75 Å². The van der Waals surface area contributed by atoms with E-state index in [2.05, 4.69) is 12.2 Å². The number of amides is 2. The van der Waals surface area contributed by atoms with E-state index in [1.165, 1.54) is 0 Å². The summed E-state index contributed by atoms with van der Waals surface area (Å²) in [4.78, 5) is 26.1. The van der Waals surface area contributed by atoms with E-state index in [-0.39, 0.29) is 22.7 Å². The smallest absolute Gasteiger partial charge is 0.243 e. The number of nitrogens with zero attached hydrogens (tertiary/aromatic N) is 1. The molecule has 1 aromatic carbocycles. The van der Waals surface area contributed by atoms with Gasteiger partial charge in [-0.2, -0.15) is 0 Å². The van der Waals surface area contributed by atoms with Crippen LogP contribution in [0.4, 0.5) is 0 Å². The summed E-state index contributed by atoms with van der Waals surface area (Å²) in [7, 11) is 1.65. The van der Waals surface area contributed by atoms with Gasteiger partial charge in [-0.1, -0.05) is 18.2 Å². The first-order valence-corrected chi connectivity index (χ1v) is 8.89. The summed E-state index contributed by atoms with van der Waals surface area (Å²) in [5.74, 6) is 1.57. The fraction of sp³-hybridized carbons (Fsp3) is 0.529. The summed E-state index contributed by atoms with van der Waals surface area (Å²) < 4.78 is 5.32. The summed E-state index contributed by atoms with van der Waals surface area (Å²) in [5.41, 5.74) is 1.07. The first-order chi connectivity index (χ1) is 11.0. The highest BCUT2D eigenvalue weighted by atomic mass is 32.2. The molecule has 2 saturated heterocycles. The zero-order chi connectivity index (χ0) is 16.4. The Bertz CT molecular complexity index is 622. The Morgan fingerprint density at radius 3 is 3.04 bits per heavy atom. The highest BCUT2D eigenvalue weighted by Crippen LogP contribution is 2.47. The van der Waals surface area contributed by atoms with Gasteiger partial charge < -0.3 is 15.0 Å². The van der Waals surface area contributed by atoms with Crippen molar-refractivity contribution in [2.24, 2.45) is 0 Å². The van der Waals surface area contributed by atoms with Gasteiger partial charge in [0.2, 0.25) is 11.8 Å². The van der Waals surface area contributed by atoms with Crippen molar-refractivity contribution in [2.45, 2.75) is 37.1 Å². The number of methoxy groups -OCH3 is 1. The summed E-state index contributed by atoms with van der Waals surface area (Å²) >= 11 is 1.72. The van der Waals surface area contributed by atoms with Gasteiger partial charge in [0, 0.05) is 18.7 Å². The van der Waals surface area contributed by atoms with Crippen LogP contribution >= 0.6 is 11.8 Å². The molecule has 1 aromatic rings. The Hall–Kier alpha value is -1.69. The van der Waals surface area contributed by atoms with Crippen LogP contribution < -0.4 is 10.1 Å². The normalized spacial score (nSPS) is 26.3. The molecular formula is C17H22N2O3S. The number of thioether (sulfide) groups is 1. The number of carbonyl (C=O) groups excluding carboxylic acids is 2. The van der Waals surface area contributed by atoms with E-state index in [4.69, 9.17) is 4.74 Å². The van der Waals surface area contributed by atoms with Crippen LogP contribution in [-0.2, 0) is 16.0 Å². The maximum absolute atomic E-state index is 12.5. The number of carbonyl (C=O) groups is 2. The molecule has 2 fully saturated rings. The van der Waals surface area contributed by atoms with Crippen molar-refractivity contribution in [3.05, 3.63) is 29.8 Å². The van der Waals surface area contributed by atoms with Crippen LogP contribution in [0.15, 0.2) is 24.3 Å². The molecule has 3 rings (SSSR count). The van der Waals surface area contributed by atoms with Gasteiger partial charge in [0.05, 0.1) is 12.0 Å². The minimum absolute atomic E-state index is 0.0497. The Balaban J connectivity index is 1.57. The van der Waals surface area contributed by atoms with Crippen molar-refractivity contribution >= 4 is 23.6 Å². The largest absolute Gasteiger partial charge is 0.496 e. The topological polar surface area (TPSA) is 58.6 Å². The summed E-state index contributed by atoms with van der Waals surface area (Å²) in [6, 6.07) is 7.46. The van der Waals surface area contributed by atoms with E-state index in [1.807, 2.05) is 24.3 Å². The predicted octanol–water partition coefficient (Wildman–Crippen LogP) is 1.81. The second-order valence-corrected chi connectivity index (χ2v) is 7.62. The molecule has 124 valence electrons. The lowest BCUT2D eigenvalue weighted by Crippen LogP contribution is -2.50. The van der Waals surface area contributed by atoms with Gasteiger partial charge in [0.15, 0.2) is 0 Å². The van der Waals surface area contributed by atoms with E-state index in [1.54, 1.807) is 23.8 Å². The molecule has 1 N–H and O–H groups in total. The molecule has 6 heteroatoms. The number of benzene rings is 1. The standard InChI is InChI=1S/C17H22N2O3S/c1-17-9-7-15(20)19(17)13(11-23-17)16(21)18-10-8-12-5-3-4-6-14(12)22-2/h3-6,13H,7-11H2,1-2H3,(H,18,21)/t13-,17-/m1/s1. The predicted molar refractivity (Wildman–Crippen MR) is 90.4 cm³/mol. The summed E-state index contributed by atoms with van der Waals surface area (Å²) in [6.45, 7) is 2.60. The van der Waals surface area contributed by atoms with E-state index in [0.29, 0.717) is 25.1 Å². The van der Waals surface area contributed by atoms with Gasteiger partial charge in [0.25, 0.3) is 0 Å². The van der Waals surface area contributed by atoms with Crippen molar-refractivity contribution in [1.82, 2.24) is 10.2 Å². The Kier molecular flexibility index (Phi) is 4.53. The van der Waals surface area contributed by atoms with Crippen molar-refractivity contribution < 1.29 is 14.3 Å². The first kappa shape index (κ1) is 16.2. The molecule has 2 aliphatic heterocycles. The zero-order valence-corrected chi connectivity index (χ0v) is 14.3. The molecule has 0 bridgehead atoms. The number of fused-ring (bicyclic) bond motifs is 1. The number of rotatable bonds is 5. The van der Waals surface area contributed by atoms with Crippen LogP contribution in [-0.4, -0.2) is 47.0 Å². The Morgan fingerprint density at radius 2 is 2.26 bits per heavy atom. The molecule has 0 aliphatic carbocycles. The average molecular weight is 334 g/mol. The maximum atomic E-state index is 12.5. The molecule has 0 unspecified atom stereocenters. The fourth-order valence-corrected chi connectivity index (χ4v) is 4.79. The molecule has 0 radical (unpaired) electrons. The third-order valence-corrected chi connectivity index (χ3v) is 6.14. The monoisotopic (exact) mass is 334 g/mol. The molecule has 0 aromatic heterocycles. The van der Waals surface area contributed by atoms with E-state index in [9.17, 15) is 9.59 Å². The van der Waals surface area contributed by atoms with Gasteiger partial charge in [-0.15, -0.1) is 11.8 Å². The molecule has 2 heterocycles. The molecular weight excluding hydrogens is 312 g/mol. The minimum atomic E-state index is -0.335. The lowest BCUT2D eigenvalue weighted by molar-refractivity contribution is -0.137. The van der Waals surface area contributed by atoms with Crippen molar-refractivity contribution in [1.29, 1.82) is 0 Å². The van der Waals surface area contributed by atoms with Gasteiger partial charge in [0.1, 0.15) is 11.8 Å². The lowest BCUT2D eigenvalue weighted by atomic mass is 10.1. The zero-order valence-electron chi connectivity index (χ0n) is 13.5. The van der Waals surface area contributed by atoms with Gasteiger partial charge in [-0.25, -0.2) is 0 Å². The fourth-order valence-electron chi connectivity index (χ4n) is 3.36. The average Bonchev–Trinajstić information content (AvgIpc) is 3.04. The number of hydrogen-bond acceptors (Lipinski definition) is 4. The second-order valence-electron chi connectivity index (χ2n) is 6.12. The van der Waals surface area contributed by atoms with Gasteiger partial charge >= 0.3 is 0 Å². The molecule has 2 atom stereocenters. The number of ether oxygens (including phenoxy) is 1. The molecule has 2 aliphatic rings. The molecule has 0 spiro atoms. The van der Waals surface area contributed by atoms with E-state index < -0.39 is 0 Å². The van der Waals surface area contributed by atoms with E-state index in [0.717, 1.165) is 17.7 Å². The SMILES string of the molecule is COc1ccccc1CCNC(=O)[C@H]1CS[C@]2(C)CCC(=O)N12. The first-order valence-electron chi connectivity index (χ1n) is 7.91. The van der Waals surface area contributed by atoms with Gasteiger partial charge in [-0.05, 0) is 31.4 Å². The van der Waals surface area contributed by atoms with Gasteiger partial charge in [-0.3, -0.25) is 9.59 Å². The number of para-hydroxylation sites is 1.